The number of fused-ring (bicyclic) bond motifs is 3. The molecule has 126 valence electrons. The fourth-order valence-corrected chi connectivity index (χ4v) is 3.27. The quantitative estimate of drug-likeness (QED) is 0.677. The number of aryl methyl sites for hydroxylation is 1. The van der Waals surface area contributed by atoms with E-state index < -0.39 is 0 Å². The Labute approximate surface area is 146 Å². The van der Waals surface area contributed by atoms with E-state index in [1.165, 1.54) is 5.57 Å². The fraction of sp³-hybridized carbons (Fsp3) is 0.238. The Bertz CT molecular complexity index is 933. The van der Waals surface area contributed by atoms with Crippen molar-refractivity contribution in [1.82, 2.24) is 0 Å². The Morgan fingerprint density at radius 2 is 1.52 bits per heavy atom. The second-order valence-corrected chi connectivity index (χ2v) is 6.61. The minimum atomic E-state index is -0.140. The van der Waals surface area contributed by atoms with E-state index in [9.17, 15) is 9.59 Å². The maximum atomic E-state index is 12.9. The average Bonchev–Trinajstić information content (AvgIpc) is 3.05. The minimum Gasteiger partial charge on any atom is -0.454 e. The van der Waals surface area contributed by atoms with Crippen molar-refractivity contribution in [2.24, 2.45) is 0 Å². The first-order valence-corrected chi connectivity index (χ1v) is 8.34. The smallest absolute Gasteiger partial charge is 0.231 e. The zero-order valence-corrected chi connectivity index (χ0v) is 14.2. The predicted molar refractivity (Wildman–Crippen MR) is 93.6 cm³/mol. The molecule has 2 aliphatic rings. The number of benzene rings is 2. The van der Waals surface area contributed by atoms with Gasteiger partial charge in [-0.15, -0.1) is 0 Å². The molecule has 0 unspecified atom stereocenters. The van der Waals surface area contributed by atoms with Crippen molar-refractivity contribution in [1.29, 1.82) is 0 Å². The van der Waals surface area contributed by atoms with E-state index in [0.717, 1.165) is 18.4 Å². The third-order valence-electron chi connectivity index (χ3n) is 4.56. The molecule has 4 heteroatoms. The number of hydrogen-bond acceptors (Lipinski definition) is 4. The van der Waals surface area contributed by atoms with E-state index >= 15 is 0 Å². The summed E-state index contributed by atoms with van der Waals surface area (Å²) >= 11 is 0. The van der Waals surface area contributed by atoms with Gasteiger partial charge in [0.2, 0.25) is 6.79 Å². The molecule has 2 aromatic carbocycles. The maximum absolute atomic E-state index is 12.9. The van der Waals surface area contributed by atoms with Gasteiger partial charge in [-0.2, -0.15) is 0 Å². The van der Waals surface area contributed by atoms with Gasteiger partial charge in [-0.3, -0.25) is 9.59 Å². The summed E-state index contributed by atoms with van der Waals surface area (Å²) in [5.74, 6) is 0.760. The summed E-state index contributed by atoms with van der Waals surface area (Å²) in [6.45, 7) is 4.24. The van der Waals surface area contributed by atoms with Crippen LogP contribution in [0.4, 0.5) is 0 Å². The summed E-state index contributed by atoms with van der Waals surface area (Å²) in [6.07, 6.45) is 3.93. The molecule has 25 heavy (non-hydrogen) atoms. The molecule has 1 heterocycles. The standard InChI is InChI=1S/C21H18O4/c1-12(2)4-3-5-13-6-7-14-15(8-13)21(23)17-10-19-18(24-11-25-19)9-16(17)20(14)22/h4,6-10H,3,5,11H2,1-2H3. The summed E-state index contributed by atoms with van der Waals surface area (Å²) in [7, 11) is 0. The van der Waals surface area contributed by atoms with E-state index in [4.69, 9.17) is 9.47 Å². The van der Waals surface area contributed by atoms with Crippen molar-refractivity contribution in [3.63, 3.8) is 0 Å². The van der Waals surface area contributed by atoms with Gasteiger partial charge in [-0.05, 0) is 50.5 Å². The first-order valence-electron chi connectivity index (χ1n) is 8.34. The van der Waals surface area contributed by atoms with Crippen molar-refractivity contribution in [3.05, 3.63) is 69.8 Å². The number of ether oxygens (including phenoxy) is 2. The maximum Gasteiger partial charge on any atom is 0.231 e. The van der Waals surface area contributed by atoms with Crippen LogP contribution < -0.4 is 9.47 Å². The van der Waals surface area contributed by atoms with Crippen LogP contribution in [0.25, 0.3) is 0 Å². The molecule has 1 aliphatic heterocycles. The zero-order valence-electron chi connectivity index (χ0n) is 14.2. The fourth-order valence-electron chi connectivity index (χ4n) is 3.27. The van der Waals surface area contributed by atoms with E-state index in [1.807, 2.05) is 12.1 Å². The van der Waals surface area contributed by atoms with Gasteiger partial charge in [0.1, 0.15) is 0 Å². The van der Waals surface area contributed by atoms with Gasteiger partial charge >= 0.3 is 0 Å². The normalized spacial score (nSPS) is 14.2. The summed E-state index contributed by atoms with van der Waals surface area (Å²) < 4.78 is 10.7. The molecule has 0 N–H and O–H groups in total. The molecule has 0 saturated carbocycles. The molecule has 0 spiro atoms. The number of rotatable bonds is 3. The predicted octanol–water partition coefficient (Wildman–Crippen LogP) is 4.09. The molecule has 4 nitrogen and oxygen atoms in total. The number of hydrogen-bond donors (Lipinski definition) is 0. The van der Waals surface area contributed by atoms with E-state index in [0.29, 0.717) is 33.8 Å². The summed E-state index contributed by atoms with van der Waals surface area (Å²) in [5.41, 5.74) is 4.05. The molecule has 4 rings (SSSR count). The lowest BCUT2D eigenvalue weighted by Gasteiger charge is -2.18. The number of carbonyl (C=O) groups excluding carboxylic acids is 2. The van der Waals surface area contributed by atoms with Crippen LogP contribution in [-0.2, 0) is 6.42 Å². The Morgan fingerprint density at radius 3 is 2.16 bits per heavy atom. The van der Waals surface area contributed by atoms with Crippen molar-refractivity contribution in [3.8, 4) is 11.5 Å². The van der Waals surface area contributed by atoms with Crippen LogP contribution in [0.3, 0.4) is 0 Å². The topological polar surface area (TPSA) is 52.6 Å². The molecule has 0 amide bonds. The molecular formula is C21H18O4. The SMILES string of the molecule is CC(C)=CCCc1ccc2c(c1)C(=O)c1cc3c(cc1C2=O)OCO3. The van der Waals surface area contributed by atoms with Crippen LogP contribution in [0.5, 0.6) is 11.5 Å². The zero-order chi connectivity index (χ0) is 17.6. The van der Waals surface area contributed by atoms with Crippen LogP contribution >= 0.6 is 0 Å². The minimum absolute atomic E-state index is 0.113. The summed E-state index contributed by atoms with van der Waals surface area (Å²) in [5, 5.41) is 0. The Hall–Kier alpha value is -2.88. The molecule has 0 saturated heterocycles. The van der Waals surface area contributed by atoms with E-state index in [-0.39, 0.29) is 18.4 Å². The number of allylic oxidation sites excluding steroid dienone is 2. The molecular weight excluding hydrogens is 316 g/mol. The number of ketones is 2. The van der Waals surface area contributed by atoms with Gasteiger partial charge in [-0.1, -0.05) is 23.8 Å². The average molecular weight is 334 g/mol. The molecule has 0 bridgehead atoms. The first-order chi connectivity index (χ1) is 12.0. The van der Waals surface area contributed by atoms with Crippen LogP contribution in [0, 0.1) is 0 Å². The second kappa shape index (κ2) is 5.88. The van der Waals surface area contributed by atoms with Gasteiger partial charge in [0, 0.05) is 22.3 Å². The van der Waals surface area contributed by atoms with Crippen molar-refractivity contribution in [2.75, 3.05) is 6.79 Å². The van der Waals surface area contributed by atoms with E-state index in [1.54, 1.807) is 18.2 Å². The lowest BCUT2D eigenvalue weighted by Crippen LogP contribution is -2.21. The van der Waals surface area contributed by atoms with Gasteiger partial charge in [0.15, 0.2) is 23.1 Å². The molecule has 0 aromatic heterocycles. The van der Waals surface area contributed by atoms with Crippen LogP contribution in [0.1, 0.15) is 57.7 Å². The van der Waals surface area contributed by atoms with Crippen LogP contribution in [0.2, 0.25) is 0 Å². The Kier molecular flexibility index (Phi) is 3.68. The van der Waals surface area contributed by atoms with E-state index in [2.05, 4.69) is 19.9 Å². The highest BCUT2D eigenvalue weighted by Gasteiger charge is 2.32. The van der Waals surface area contributed by atoms with Gasteiger partial charge < -0.3 is 9.47 Å². The monoisotopic (exact) mass is 334 g/mol. The molecule has 0 fully saturated rings. The highest BCUT2D eigenvalue weighted by atomic mass is 16.7. The largest absolute Gasteiger partial charge is 0.454 e. The third-order valence-corrected chi connectivity index (χ3v) is 4.56. The van der Waals surface area contributed by atoms with Gasteiger partial charge in [-0.25, -0.2) is 0 Å². The lowest BCUT2D eigenvalue weighted by molar-refractivity contribution is 0.0979. The van der Waals surface area contributed by atoms with Crippen LogP contribution in [0.15, 0.2) is 42.0 Å². The highest BCUT2D eigenvalue weighted by molar-refractivity contribution is 6.28. The summed E-state index contributed by atoms with van der Waals surface area (Å²) in [4.78, 5) is 25.7. The first kappa shape index (κ1) is 15.6. The third kappa shape index (κ3) is 2.64. The molecule has 1 aliphatic carbocycles. The van der Waals surface area contributed by atoms with Crippen molar-refractivity contribution in [2.45, 2.75) is 26.7 Å². The lowest BCUT2D eigenvalue weighted by atomic mass is 9.82. The van der Waals surface area contributed by atoms with Gasteiger partial charge in [0.25, 0.3) is 0 Å². The van der Waals surface area contributed by atoms with Crippen LogP contribution in [-0.4, -0.2) is 18.4 Å². The Morgan fingerprint density at radius 1 is 0.920 bits per heavy atom. The second-order valence-electron chi connectivity index (χ2n) is 6.61. The summed E-state index contributed by atoms with van der Waals surface area (Å²) in [6, 6.07) is 8.78. The Balaban J connectivity index is 1.73. The van der Waals surface area contributed by atoms with Crippen molar-refractivity contribution < 1.29 is 19.1 Å². The highest BCUT2D eigenvalue weighted by Crippen LogP contribution is 2.38. The van der Waals surface area contributed by atoms with Crippen molar-refractivity contribution >= 4 is 11.6 Å². The molecule has 2 aromatic rings. The molecule has 0 radical (unpaired) electrons. The number of carbonyl (C=O) groups is 2. The van der Waals surface area contributed by atoms with Gasteiger partial charge in [0.05, 0.1) is 0 Å². The molecule has 0 atom stereocenters.